The number of hydrogen-bond acceptors (Lipinski definition) is 2. The van der Waals surface area contributed by atoms with Crippen LogP contribution in [0.2, 0.25) is 0 Å². The van der Waals surface area contributed by atoms with E-state index in [1.54, 1.807) is 0 Å². The van der Waals surface area contributed by atoms with Gasteiger partial charge in [-0.05, 0) is 47.9 Å². The Morgan fingerprint density at radius 1 is 1.00 bits per heavy atom. The zero-order valence-corrected chi connectivity index (χ0v) is 14.8. The summed E-state index contributed by atoms with van der Waals surface area (Å²) in [5.74, 6) is -1.41. The number of fused-ring (bicyclic) bond motifs is 2. The molecule has 3 rings (SSSR count). The third-order valence-corrected chi connectivity index (χ3v) is 4.36. The second-order valence-electron chi connectivity index (χ2n) is 6.58. The van der Waals surface area contributed by atoms with Crippen molar-refractivity contribution in [3.63, 3.8) is 0 Å². The number of hydrogen-bond donors (Lipinski definition) is 2. The van der Waals surface area contributed by atoms with E-state index in [0.29, 0.717) is 5.56 Å². The fourth-order valence-corrected chi connectivity index (χ4v) is 3.06. The van der Waals surface area contributed by atoms with Crippen LogP contribution in [0.15, 0.2) is 66.2 Å². The van der Waals surface area contributed by atoms with E-state index in [-0.39, 0.29) is 12.3 Å². The normalized spacial score (nSPS) is 11.9. The lowest BCUT2D eigenvalue weighted by Crippen LogP contribution is -2.40. The summed E-state index contributed by atoms with van der Waals surface area (Å²) in [5, 5.41) is 15.7. The van der Waals surface area contributed by atoms with Crippen LogP contribution in [0.1, 0.15) is 30.6 Å². The lowest BCUT2D eigenvalue weighted by molar-refractivity contribution is -0.139. The highest BCUT2D eigenvalue weighted by Gasteiger charge is 2.22. The molecule has 0 aliphatic rings. The molecule has 0 aromatic heterocycles. The molecule has 0 saturated carbocycles. The molecular weight excluding hydrogens is 326 g/mol. The van der Waals surface area contributed by atoms with Crippen LogP contribution >= 0.6 is 0 Å². The van der Waals surface area contributed by atoms with Crippen LogP contribution in [0.3, 0.4) is 0 Å². The average molecular weight is 347 g/mol. The fraction of sp³-hybridized carbons (Fsp3) is 0.182. The molecule has 0 fully saturated rings. The van der Waals surface area contributed by atoms with Gasteiger partial charge in [-0.2, -0.15) is 0 Å². The van der Waals surface area contributed by atoms with Crippen molar-refractivity contribution in [3.05, 3.63) is 71.8 Å². The number of nitrogens with one attached hydrogen (secondary N) is 1. The molecule has 0 aliphatic carbocycles. The van der Waals surface area contributed by atoms with Gasteiger partial charge in [0.2, 0.25) is 0 Å². The summed E-state index contributed by atoms with van der Waals surface area (Å²) in [5.41, 5.74) is 1.53. The molecule has 0 unspecified atom stereocenters. The van der Waals surface area contributed by atoms with E-state index < -0.39 is 12.0 Å². The van der Waals surface area contributed by atoms with Crippen LogP contribution < -0.4 is 5.32 Å². The topological polar surface area (TPSA) is 66.4 Å². The van der Waals surface area contributed by atoms with E-state index in [4.69, 9.17) is 0 Å². The Morgan fingerprint density at radius 3 is 2.04 bits per heavy atom. The molecular formula is C22H21NO3. The van der Waals surface area contributed by atoms with Gasteiger partial charge in [0.25, 0.3) is 5.91 Å². The van der Waals surface area contributed by atoms with Gasteiger partial charge >= 0.3 is 5.97 Å². The van der Waals surface area contributed by atoms with Gasteiger partial charge in [0.05, 0.1) is 5.56 Å². The summed E-state index contributed by atoms with van der Waals surface area (Å²) in [7, 11) is 0. The van der Waals surface area contributed by atoms with Crippen molar-refractivity contribution < 1.29 is 14.7 Å². The van der Waals surface area contributed by atoms with Crippen molar-refractivity contribution in [3.8, 4) is 0 Å². The maximum Gasteiger partial charge on any atom is 0.326 e. The van der Waals surface area contributed by atoms with Crippen LogP contribution in [0.25, 0.3) is 21.5 Å². The Kier molecular flexibility index (Phi) is 5.03. The highest BCUT2D eigenvalue weighted by molar-refractivity contribution is 6.18. The first-order valence-corrected chi connectivity index (χ1v) is 8.55. The van der Waals surface area contributed by atoms with E-state index in [1.165, 1.54) is 0 Å². The monoisotopic (exact) mass is 347 g/mol. The summed E-state index contributed by atoms with van der Waals surface area (Å²) >= 11 is 0. The number of carbonyl (C=O) groups is 2. The van der Waals surface area contributed by atoms with Crippen LogP contribution in [-0.2, 0) is 4.79 Å². The third-order valence-electron chi connectivity index (χ3n) is 4.36. The maximum atomic E-state index is 13.0. The summed E-state index contributed by atoms with van der Waals surface area (Å²) in [4.78, 5) is 24.6. The predicted molar refractivity (Wildman–Crippen MR) is 104 cm³/mol. The Bertz CT molecular complexity index is 962. The number of aliphatic carboxylic acids is 1. The molecule has 132 valence electrons. The van der Waals surface area contributed by atoms with E-state index in [2.05, 4.69) is 5.32 Å². The molecule has 0 bridgehead atoms. The van der Waals surface area contributed by atoms with Gasteiger partial charge in [-0.25, -0.2) is 4.79 Å². The van der Waals surface area contributed by atoms with E-state index in [9.17, 15) is 14.7 Å². The number of carboxylic acids is 1. The van der Waals surface area contributed by atoms with Crippen molar-refractivity contribution in [2.24, 2.45) is 0 Å². The quantitative estimate of drug-likeness (QED) is 0.526. The Labute approximate surface area is 152 Å². The van der Waals surface area contributed by atoms with Crippen LogP contribution in [0.5, 0.6) is 0 Å². The molecule has 0 spiro atoms. The van der Waals surface area contributed by atoms with Gasteiger partial charge in [0.15, 0.2) is 0 Å². The van der Waals surface area contributed by atoms with Crippen LogP contribution in [0.4, 0.5) is 0 Å². The molecule has 1 atom stereocenters. The highest BCUT2D eigenvalue weighted by atomic mass is 16.4. The number of benzene rings is 3. The molecule has 26 heavy (non-hydrogen) atoms. The van der Waals surface area contributed by atoms with Gasteiger partial charge in [-0.3, -0.25) is 4.79 Å². The van der Waals surface area contributed by atoms with Crippen molar-refractivity contribution in [2.75, 3.05) is 0 Å². The predicted octanol–water partition coefficient (Wildman–Crippen LogP) is 4.53. The van der Waals surface area contributed by atoms with Gasteiger partial charge in [-0.15, -0.1) is 0 Å². The summed E-state index contributed by atoms with van der Waals surface area (Å²) in [6, 6.07) is 16.4. The molecule has 0 heterocycles. The fourth-order valence-electron chi connectivity index (χ4n) is 3.06. The first-order chi connectivity index (χ1) is 12.5. The average Bonchev–Trinajstić information content (AvgIpc) is 2.62. The minimum Gasteiger partial charge on any atom is -0.480 e. The number of amides is 1. The van der Waals surface area contributed by atoms with Crippen molar-refractivity contribution in [1.29, 1.82) is 0 Å². The molecule has 4 nitrogen and oxygen atoms in total. The van der Waals surface area contributed by atoms with Crippen molar-refractivity contribution >= 4 is 33.4 Å². The van der Waals surface area contributed by atoms with E-state index in [0.717, 1.165) is 27.1 Å². The minimum absolute atomic E-state index is 0.256. The second kappa shape index (κ2) is 7.40. The number of allylic oxidation sites excluding steroid dienone is 1. The van der Waals surface area contributed by atoms with E-state index >= 15 is 0 Å². The van der Waals surface area contributed by atoms with Crippen molar-refractivity contribution in [2.45, 2.75) is 26.3 Å². The standard InChI is InChI=1S/C22H21NO3/c1-14(2)11-12-19(22(25)26)23-21(24)20-17-9-5-3-7-15(17)13-16-8-4-6-10-18(16)20/h3-11,13,19H,12H2,1-2H3,(H,23,24)(H,25,26)/t19-/m0/s1. The zero-order chi connectivity index (χ0) is 18.7. The molecule has 1 amide bonds. The van der Waals surface area contributed by atoms with Crippen LogP contribution in [-0.4, -0.2) is 23.0 Å². The molecule has 0 radical (unpaired) electrons. The largest absolute Gasteiger partial charge is 0.480 e. The molecule has 0 aliphatic heterocycles. The Morgan fingerprint density at radius 2 is 1.54 bits per heavy atom. The molecule has 0 saturated heterocycles. The summed E-state index contributed by atoms with van der Waals surface area (Å²) in [6.07, 6.45) is 2.08. The first-order valence-electron chi connectivity index (χ1n) is 8.55. The zero-order valence-electron chi connectivity index (χ0n) is 14.8. The van der Waals surface area contributed by atoms with Gasteiger partial charge in [-0.1, -0.05) is 60.2 Å². The molecule has 3 aromatic carbocycles. The Balaban J connectivity index is 2.08. The summed E-state index contributed by atoms with van der Waals surface area (Å²) < 4.78 is 0. The molecule has 2 N–H and O–H groups in total. The number of carboxylic acid groups (broad SMARTS) is 1. The van der Waals surface area contributed by atoms with Crippen LogP contribution in [0, 0.1) is 0 Å². The smallest absolute Gasteiger partial charge is 0.326 e. The summed E-state index contributed by atoms with van der Waals surface area (Å²) in [6.45, 7) is 3.80. The van der Waals surface area contributed by atoms with Gasteiger partial charge < -0.3 is 10.4 Å². The number of carbonyl (C=O) groups excluding carboxylic acids is 1. The SMILES string of the molecule is CC(C)=CC[C@H](NC(=O)c1c2ccccc2cc2ccccc12)C(=O)O. The third kappa shape index (κ3) is 3.59. The second-order valence-corrected chi connectivity index (χ2v) is 6.58. The van der Waals surface area contributed by atoms with Crippen molar-refractivity contribution in [1.82, 2.24) is 5.32 Å². The molecule has 4 heteroatoms. The lowest BCUT2D eigenvalue weighted by Gasteiger charge is -2.16. The number of rotatable bonds is 5. The molecule has 3 aromatic rings. The minimum atomic E-state index is -1.04. The van der Waals surface area contributed by atoms with E-state index in [1.807, 2.05) is 74.5 Å². The Hall–Kier alpha value is -3.14. The first kappa shape index (κ1) is 17.7. The van der Waals surface area contributed by atoms with Gasteiger partial charge in [0, 0.05) is 0 Å². The highest BCUT2D eigenvalue weighted by Crippen LogP contribution is 2.28. The van der Waals surface area contributed by atoms with Gasteiger partial charge in [0.1, 0.15) is 6.04 Å². The maximum absolute atomic E-state index is 13.0. The lowest BCUT2D eigenvalue weighted by atomic mass is 9.96.